The van der Waals surface area contributed by atoms with E-state index in [1.54, 1.807) is 0 Å². The minimum atomic E-state index is 0.733. The Morgan fingerprint density at radius 3 is 2.55 bits per heavy atom. The Kier molecular flexibility index (Phi) is 2.44. The van der Waals surface area contributed by atoms with Gasteiger partial charge in [0.2, 0.25) is 5.95 Å². The third kappa shape index (κ3) is 1.50. The summed E-state index contributed by atoms with van der Waals surface area (Å²) < 4.78 is 2.03. The first kappa shape index (κ1) is 8.46. The van der Waals surface area contributed by atoms with Gasteiger partial charge in [0.05, 0.1) is 6.20 Å². The predicted molar refractivity (Wildman–Crippen MR) is 50.2 cm³/mol. The minimum absolute atomic E-state index is 0.733. The summed E-state index contributed by atoms with van der Waals surface area (Å²) in [6.45, 7) is 0. The number of anilines is 1. The lowest BCUT2D eigenvalue weighted by Gasteiger charge is -2.11. The van der Waals surface area contributed by atoms with Crippen LogP contribution in [0, 0.1) is 0 Å². The second-order valence-electron chi connectivity index (χ2n) is 2.66. The maximum Gasteiger partial charge on any atom is 0.204 e. The number of hydrogen-bond acceptors (Lipinski definition) is 3. The molecular formula is C7H13N3S. The number of rotatable bonds is 2. The number of aromatic nitrogens is 2. The fraction of sp³-hybridized carbons (Fsp3) is 0.571. The molecule has 0 spiro atoms. The molecule has 62 valence electrons. The van der Waals surface area contributed by atoms with Crippen LogP contribution in [-0.2, 0) is 12.8 Å². The Morgan fingerprint density at radius 1 is 1.64 bits per heavy atom. The molecule has 1 aromatic rings. The van der Waals surface area contributed by atoms with Crippen LogP contribution in [0.5, 0.6) is 0 Å². The Bertz CT molecular complexity index is 242. The first-order chi connectivity index (χ1) is 5.16. The first-order valence-corrected chi connectivity index (χ1v) is 4.09. The van der Waals surface area contributed by atoms with Gasteiger partial charge in [-0.2, -0.15) is 12.6 Å². The summed E-state index contributed by atoms with van der Waals surface area (Å²) in [5.41, 5.74) is 1.14. The molecule has 0 aromatic carbocycles. The summed E-state index contributed by atoms with van der Waals surface area (Å²) >= 11 is 4.18. The van der Waals surface area contributed by atoms with Gasteiger partial charge in [-0.3, -0.25) is 0 Å². The van der Waals surface area contributed by atoms with Crippen LogP contribution in [0.2, 0.25) is 0 Å². The van der Waals surface area contributed by atoms with E-state index in [1.165, 1.54) is 0 Å². The average Bonchev–Trinajstić information content (AvgIpc) is 2.30. The van der Waals surface area contributed by atoms with Gasteiger partial charge in [-0.05, 0) is 0 Å². The Hall–Kier alpha value is -0.640. The van der Waals surface area contributed by atoms with Crippen molar-refractivity contribution in [3.8, 4) is 0 Å². The van der Waals surface area contributed by atoms with Crippen LogP contribution in [-0.4, -0.2) is 23.6 Å². The SMILES string of the molecule is CN(C)c1ncc(CS)n1C. The fourth-order valence-electron chi connectivity index (χ4n) is 0.996. The largest absolute Gasteiger partial charge is 0.348 e. The minimum Gasteiger partial charge on any atom is -0.348 e. The van der Waals surface area contributed by atoms with Crippen LogP contribution in [0.15, 0.2) is 6.20 Å². The average molecular weight is 171 g/mol. The molecule has 0 aliphatic rings. The zero-order valence-corrected chi connectivity index (χ0v) is 7.97. The third-order valence-electron chi connectivity index (χ3n) is 1.62. The summed E-state index contributed by atoms with van der Waals surface area (Å²) in [6, 6.07) is 0. The molecule has 3 nitrogen and oxygen atoms in total. The van der Waals surface area contributed by atoms with Gasteiger partial charge in [0, 0.05) is 32.6 Å². The molecule has 0 saturated heterocycles. The molecule has 4 heteroatoms. The first-order valence-electron chi connectivity index (χ1n) is 3.45. The van der Waals surface area contributed by atoms with E-state index < -0.39 is 0 Å². The molecule has 0 unspecified atom stereocenters. The summed E-state index contributed by atoms with van der Waals surface area (Å²) in [6.07, 6.45) is 1.85. The van der Waals surface area contributed by atoms with Crippen LogP contribution in [0.3, 0.4) is 0 Å². The van der Waals surface area contributed by atoms with Crippen molar-refractivity contribution in [2.24, 2.45) is 7.05 Å². The molecular weight excluding hydrogens is 158 g/mol. The van der Waals surface area contributed by atoms with Crippen LogP contribution >= 0.6 is 12.6 Å². The van der Waals surface area contributed by atoms with Crippen molar-refractivity contribution in [2.45, 2.75) is 5.75 Å². The van der Waals surface area contributed by atoms with Gasteiger partial charge < -0.3 is 9.47 Å². The lowest BCUT2D eigenvalue weighted by molar-refractivity contribution is 0.836. The van der Waals surface area contributed by atoms with Crippen molar-refractivity contribution in [1.82, 2.24) is 9.55 Å². The highest BCUT2D eigenvalue weighted by Gasteiger charge is 2.05. The molecule has 0 saturated carbocycles. The third-order valence-corrected chi connectivity index (χ3v) is 1.95. The van der Waals surface area contributed by atoms with Crippen molar-refractivity contribution in [3.63, 3.8) is 0 Å². The second kappa shape index (κ2) is 3.17. The van der Waals surface area contributed by atoms with Gasteiger partial charge in [0.15, 0.2) is 0 Å². The van der Waals surface area contributed by atoms with Crippen LogP contribution in [0.25, 0.3) is 0 Å². The molecule has 0 fully saturated rings. The summed E-state index contributed by atoms with van der Waals surface area (Å²) in [5.74, 6) is 1.70. The van der Waals surface area contributed by atoms with Crippen LogP contribution < -0.4 is 4.90 Å². The van der Waals surface area contributed by atoms with Crippen molar-refractivity contribution in [1.29, 1.82) is 0 Å². The molecule has 0 amide bonds. The lowest BCUT2D eigenvalue weighted by Crippen LogP contribution is -2.14. The lowest BCUT2D eigenvalue weighted by atomic mass is 10.5. The maximum absolute atomic E-state index is 4.23. The standard InChI is InChI=1S/C7H13N3S/c1-9(2)7-8-4-6(5-11)10(7)3/h4,11H,5H2,1-3H3. The van der Waals surface area contributed by atoms with E-state index in [9.17, 15) is 0 Å². The van der Waals surface area contributed by atoms with Crippen molar-refractivity contribution < 1.29 is 0 Å². The van der Waals surface area contributed by atoms with Gasteiger partial charge in [0.25, 0.3) is 0 Å². The molecule has 1 aromatic heterocycles. The highest BCUT2D eigenvalue weighted by atomic mass is 32.1. The molecule has 0 aliphatic carbocycles. The molecule has 0 bridgehead atoms. The van der Waals surface area contributed by atoms with Crippen molar-refractivity contribution in [3.05, 3.63) is 11.9 Å². The zero-order valence-electron chi connectivity index (χ0n) is 7.07. The van der Waals surface area contributed by atoms with Gasteiger partial charge >= 0.3 is 0 Å². The van der Waals surface area contributed by atoms with Gasteiger partial charge in [0.1, 0.15) is 0 Å². The van der Waals surface area contributed by atoms with E-state index >= 15 is 0 Å². The second-order valence-corrected chi connectivity index (χ2v) is 2.98. The molecule has 0 atom stereocenters. The zero-order chi connectivity index (χ0) is 8.43. The number of hydrogen-bond donors (Lipinski definition) is 1. The molecule has 0 N–H and O–H groups in total. The molecule has 11 heavy (non-hydrogen) atoms. The predicted octanol–water partition coefficient (Wildman–Crippen LogP) is 0.916. The summed E-state index contributed by atoms with van der Waals surface area (Å²) in [7, 11) is 5.95. The van der Waals surface area contributed by atoms with E-state index in [4.69, 9.17) is 0 Å². The molecule has 1 heterocycles. The van der Waals surface area contributed by atoms with E-state index in [0.29, 0.717) is 0 Å². The van der Waals surface area contributed by atoms with Crippen LogP contribution in [0.4, 0.5) is 5.95 Å². The van der Waals surface area contributed by atoms with E-state index in [1.807, 2.05) is 36.8 Å². The molecule has 0 aliphatic heterocycles. The van der Waals surface area contributed by atoms with Gasteiger partial charge in [-0.1, -0.05) is 0 Å². The van der Waals surface area contributed by atoms with E-state index in [2.05, 4.69) is 17.6 Å². The maximum atomic E-state index is 4.23. The Labute approximate surface area is 72.4 Å². The monoisotopic (exact) mass is 171 g/mol. The van der Waals surface area contributed by atoms with Gasteiger partial charge in [-0.15, -0.1) is 0 Å². The number of imidazole rings is 1. The summed E-state index contributed by atoms with van der Waals surface area (Å²) in [5, 5.41) is 0. The van der Waals surface area contributed by atoms with Crippen molar-refractivity contribution in [2.75, 3.05) is 19.0 Å². The Morgan fingerprint density at radius 2 is 2.27 bits per heavy atom. The smallest absolute Gasteiger partial charge is 0.204 e. The van der Waals surface area contributed by atoms with Crippen LogP contribution in [0.1, 0.15) is 5.69 Å². The number of nitrogens with zero attached hydrogens (tertiary/aromatic N) is 3. The van der Waals surface area contributed by atoms with E-state index in [-0.39, 0.29) is 0 Å². The van der Waals surface area contributed by atoms with Gasteiger partial charge in [-0.25, -0.2) is 4.98 Å². The highest BCUT2D eigenvalue weighted by Crippen LogP contribution is 2.11. The summed E-state index contributed by atoms with van der Waals surface area (Å²) in [4.78, 5) is 6.21. The quantitative estimate of drug-likeness (QED) is 0.668. The normalized spacial score (nSPS) is 10.2. The topological polar surface area (TPSA) is 21.1 Å². The number of thiol groups is 1. The fourth-order valence-corrected chi connectivity index (χ4v) is 1.29. The highest BCUT2D eigenvalue weighted by molar-refractivity contribution is 7.79. The molecule has 0 radical (unpaired) electrons. The Balaban J connectivity index is 3.00. The molecule has 1 rings (SSSR count). The van der Waals surface area contributed by atoms with E-state index in [0.717, 1.165) is 17.4 Å². The van der Waals surface area contributed by atoms with Crippen molar-refractivity contribution >= 4 is 18.6 Å².